The Morgan fingerprint density at radius 3 is 1.17 bits per heavy atom. The van der Waals surface area contributed by atoms with Gasteiger partial charge < -0.3 is 39.6 Å². The van der Waals surface area contributed by atoms with Gasteiger partial charge in [0, 0.05) is 38.1 Å². The number of hydrogen-bond donors (Lipinski definition) is 0. The molecular weight excluding hydrogens is 312 g/mol. The van der Waals surface area contributed by atoms with E-state index in [-0.39, 0.29) is 39.0 Å². The summed E-state index contributed by atoms with van der Waals surface area (Å²) in [5.74, 6) is -5.37. The molecule has 0 radical (unpaired) electrons. The van der Waals surface area contributed by atoms with Crippen LogP contribution < -0.4 is 20.4 Å². The van der Waals surface area contributed by atoms with Crippen LogP contribution in [0.5, 0.6) is 0 Å². The van der Waals surface area contributed by atoms with Gasteiger partial charge in [-0.3, -0.25) is 9.80 Å². The first-order valence-electron chi connectivity index (χ1n) is 6.94. The summed E-state index contributed by atoms with van der Waals surface area (Å²) in [4.78, 5) is 44.6. The van der Waals surface area contributed by atoms with Crippen LogP contribution in [0.25, 0.3) is 0 Å². The zero-order valence-corrected chi connectivity index (χ0v) is 12.5. The summed E-state index contributed by atoms with van der Waals surface area (Å²) >= 11 is 0. The van der Waals surface area contributed by atoms with E-state index in [1.54, 1.807) is 0 Å². The fraction of sp³-hybridized carbons (Fsp3) is 0.692. The molecule has 0 aliphatic rings. The van der Waals surface area contributed by atoms with Gasteiger partial charge in [-0.2, -0.15) is 0 Å². The maximum absolute atomic E-state index is 10.6. The molecule has 0 atom stereocenters. The van der Waals surface area contributed by atoms with Crippen molar-refractivity contribution in [2.75, 3.05) is 39.3 Å². The number of hydrogen-bond acceptors (Lipinski definition) is 10. The summed E-state index contributed by atoms with van der Waals surface area (Å²) in [5, 5.41) is 42.0. The van der Waals surface area contributed by atoms with Crippen LogP contribution in [0.2, 0.25) is 0 Å². The molecule has 0 bridgehead atoms. The highest BCUT2D eigenvalue weighted by Gasteiger charge is 2.09. The third kappa shape index (κ3) is 13.2. The fourth-order valence-electron chi connectivity index (χ4n) is 1.92. The number of carboxylic acid groups (broad SMARTS) is 4. The van der Waals surface area contributed by atoms with Crippen molar-refractivity contribution in [2.24, 2.45) is 0 Å². The van der Waals surface area contributed by atoms with Gasteiger partial charge in [-0.1, -0.05) is 0 Å². The lowest BCUT2D eigenvalue weighted by Crippen LogP contribution is -2.43. The standard InChI is InChI=1S/C13H22N2O8/c16-10(17)2-6-14(8-12(20)21)4-1-5-15(9-13(22)23)7-3-11(18)19/h1-9H2,(H,16,17)(H,18,19)(H,20,21)(H,22,23)/p-4. The third-order valence-electron chi connectivity index (χ3n) is 2.92. The minimum absolute atomic E-state index is 0.0458. The van der Waals surface area contributed by atoms with Gasteiger partial charge in [0.1, 0.15) is 0 Å². The van der Waals surface area contributed by atoms with Gasteiger partial charge in [-0.15, -0.1) is 0 Å². The first kappa shape index (κ1) is 20.8. The molecule has 0 rings (SSSR count). The number of rotatable bonds is 14. The van der Waals surface area contributed by atoms with Gasteiger partial charge in [0.15, 0.2) is 0 Å². The first-order valence-corrected chi connectivity index (χ1v) is 6.94. The highest BCUT2D eigenvalue weighted by molar-refractivity contribution is 5.68. The molecule has 0 fully saturated rings. The largest absolute Gasteiger partial charge is 0.550 e. The lowest BCUT2D eigenvalue weighted by molar-refractivity contribution is -0.310. The van der Waals surface area contributed by atoms with Crippen LogP contribution in [0.1, 0.15) is 19.3 Å². The molecule has 0 amide bonds. The first-order chi connectivity index (χ1) is 10.7. The van der Waals surface area contributed by atoms with E-state index in [2.05, 4.69) is 0 Å². The molecule has 0 spiro atoms. The number of aliphatic carboxylic acids is 4. The van der Waals surface area contributed by atoms with E-state index in [9.17, 15) is 39.6 Å². The fourth-order valence-corrected chi connectivity index (χ4v) is 1.92. The summed E-state index contributed by atoms with van der Waals surface area (Å²) < 4.78 is 0. The van der Waals surface area contributed by atoms with Crippen molar-refractivity contribution < 1.29 is 39.6 Å². The molecule has 0 aliphatic heterocycles. The SMILES string of the molecule is O=C([O-])CCN(CCCN(CCC(=O)[O-])CC(=O)[O-])CC(=O)[O-]. The van der Waals surface area contributed by atoms with Gasteiger partial charge in [0.2, 0.25) is 0 Å². The predicted molar refractivity (Wildman–Crippen MR) is 66.8 cm³/mol. The van der Waals surface area contributed by atoms with Crippen molar-refractivity contribution in [3.8, 4) is 0 Å². The number of nitrogens with zero attached hydrogens (tertiary/aromatic N) is 2. The number of carbonyl (C=O) groups excluding carboxylic acids is 4. The monoisotopic (exact) mass is 330 g/mol. The summed E-state index contributed by atoms with van der Waals surface area (Å²) in [7, 11) is 0. The molecule has 0 heterocycles. The van der Waals surface area contributed by atoms with E-state index in [1.165, 1.54) is 9.80 Å². The zero-order chi connectivity index (χ0) is 17.8. The van der Waals surface area contributed by atoms with Crippen LogP contribution in [0.4, 0.5) is 0 Å². The maximum atomic E-state index is 10.6. The average Bonchev–Trinajstić information content (AvgIpc) is 2.40. The molecule has 10 nitrogen and oxygen atoms in total. The lowest BCUT2D eigenvalue weighted by Gasteiger charge is -2.26. The van der Waals surface area contributed by atoms with Crippen molar-refractivity contribution >= 4 is 23.9 Å². The smallest absolute Gasteiger partial charge is 0.0555 e. The van der Waals surface area contributed by atoms with E-state index in [1.807, 2.05) is 0 Å². The highest BCUT2D eigenvalue weighted by Crippen LogP contribution is 1.98. The Hall–Kier alpha value is -2.20. The summed E-state index contributed by atoms with van der Waals surface area (Å²) in [5.41, 5.74) is 0. The highest BCUT2D eigenvalue weighted by atomic mass is 16.4. The quantitative estimate of drug-likeness (QED) is 0.299. The van der Waals surface area contributed by atoms with E-state index in [0.29, 0.717) is 6.42 Å². The second kappa shape index (κ2) is 11.4. The third-order valence-corrected chi connectivity index (χ3v) is 2.92. The molecule has 0 saturated carbocycles. The molecule has 0 aromatic rings. The van der Waals surface area contributed by atoms with Crippen LogP contribution in [0.15, 0.2) is 0 Å². The van der Waals surface area contributed by atoms with Gasteiger partial charge in [-0.05, 0) is 32.4 Å². The molecule has 23 heavy (non-hydrogen) atoms. The molecule has 0 aromatic heterocycles. The van der Waals surface area contributed by atoms with E-state index < -0.39 is 37.0 Å². The lowest BCUT2D eigenvalue weighted by atomic mass is 10.3. The van der Waals surface area contributed by atoms with Crippen LogP contribution in [-0.4, -0.2) is 72.9 Å². The molecule has 0 aromatic carbocycles. The van der Waals surface area contributed by atoms with Crippen molar-refractivity contribution in [1.82, 2.24) is 9.80 Å². The van der Waals surface area contributed by atoms with Gasteiger partial charge >= 0.3 is 0 Å². The molecule has 0 aliphatic carbocycles. The van der Waals surface area contributed by atoms with Crippen LogP contribution in [0, 0.1) is 0 Å². The Labute approximate surface area is 132 Å². The van der Waals surface area contributed by atoms with Crippen LogP contribution >= 0.6 is 0 Å². The summed E-state index contributed by atoms with van der Waals surface area (Å²) in [6, 6.07) is 0. The Kier molecular flexibility index (Phi) is 10.3. The summed E-state index contributed by atoms with van der Waals surface area (Å²) in [6.07, 6.45) is -0.387. The Morgan fingerprint density at radius 1 is 0.565 bits per heavy atom. The summed E-state index contributed by atoms with van der Waals surface area (Å²) in [6.45, 7) is -0.669. The molecule has 132 valence electrons. The van der Waals surface area contributed by atoms with Gasteiger partial charge in [-0.25, -0.2) is 0 Å². The molecule has 0 unspecified atom stereocenters. The molecular formula is C13H18N2O8-4. The average molecular weight is 330 g/mol. The van der Waals surface area contributed by atoms with Crippen molar-refractivity contribution in [3.63, 3.8) is 0 Å². The molecule has 10 heteroatoms. The topological polar surface area (TPSA) is 167 Å². The van der Waals surface area contributed by atoms with Crippen LogP contribution in [-0.2, 0) is 19.2 Å². The van der Waals surface area contributed by atoms with Crippen molar-refractivity contribution in [2.45, 2.75) is 19.3 Å². The van der Waals surface area contributed by atoms with Crippen molar-refractivity contribution in [3.05, 3.63) is 0 Å². The number of carboxylic acids is 4. The predicted octanol–water partition coefficient (Wildman–Crippen LogP) is -6.24. The van der Waals surface area contributed by atoms with Crippen LogP contribution in [0.3, 0.4) is 0 Å². The van der Waals surface area contributed by atoms with Crippen molar-refractivity contribution in [1.29, 1.82) is 0 Å². The van der Waals surface area contributed by atoms with Gasteiger partial charge in [0.05, 0.1) is 11.9 Å². The molecule has 0 saturated heterocycles. The normalized spacial score (nSPS) is 10.9. The van der Waals surface area contributed by atoms with E-state index in [4.69, 9.17) is 0 Å². The Balaban J connectivity index is 4.35. The van der Waals surface area contributed by atoms with Gasteiger partial charge in [0.25, 0.3) is 0 Å². The minimum Gasteiger partial charge on any atom is -0.550 e. The second-order valence-electron chi connectivity index (χ2n) is 4.89. The minimum atomic E-state index is -1.37. The van der Waals surface area contributed by atoms with E-state index in [0.717, 1.165) is 0 Å². The number of carbonyl (C=O) groups is 4. The Morgan fingerprint density at radius 2 is 0.913 bits per heavy atom. The zero-order valence-electron chi connectivity index (χ0n) is 12.5. The second-order valence-corrected chi connectivity index (χ2v) is 4.89. The Bertz CT molecular complexity index is 388. The molecule has 0 N–H and O–H groups in total. The maximum Gasteiger partial charge on any atom is 0.0555 e. The van der Waals surface area contributed by atoms with E-state index >= 15 is 0 Å².